The maximum atomic E-state index is 10.1. The van der Waals surface area contributed by atoms with Gasteiger partial charge < -0.3 is 5.11 Å². The Balaban J connectivity index is 1.64. The molecule has 2 aliphatic rings. The Kier molecular flexibility index (Phi) is 5.51. The summed E-state index contributed by atoms with van der Waals surface area (Å²) >= 11 is 2.08. The zero-order valence-electron chi connectivity index (χ0n) is 10.4. The van der Waals surface area contributed by atoms with Gasteiger partial charge in [-0.2, -0.15) is 11.8 Å². The van der Waals surface area contributed by atoms with Crippen molar-refractivity contribution in [3.8, 4) is 0 Å². The SMILES string of the molecule is OC(CC1CCCCC1)CC1CCSCC1. The Morgan fingerprint density at radius 3 is 2.06 bits per heavy atom. The Bertz CT molecular complexity index is 163. The highest BCUT2D eigenvalue weighted by atomic mass is 32.2. The molecule has 1 nitrogen and oxygen atoms in total. The van der Waals surface area contributed by atoms with Crippen LogP contribution in [-0.4, -0.2) is 22.7 Å². The number of thioether (sulfide) groups is 1. The minimum absolute atomic E-state index is 0.00352. The Labute approximate surface area is 104 Å². The van der Waals surface area contributed by atoms with Crippen LogP contribution < -0.4 is 0 Å². The molecule has 1 aliphatic carbocycles. The van der Waals surface area contributed by atoms with Gasteiger partial charge in [0, 0.05) is 0 Å². The zero-order chi connectivity index (χ0) is 11.2. The molecular weight excluding hydrogens is 216 g/mol. The lowest BCUT2D eigenvalue weighted by atomic mass is 9.83. The summed E-state index contributed by atoms with van der Waals surface area (Å²) in [6.45, 7) is 0. The van der Waals surface area contributed by atoms with Crippen molar-refractivity contribution in [3.05, 3.63) is 0 Å². The summed E-state index contributed by atoms with van der Waals surface area (Å²) in [6, 6.07) is 0. The van der Waals surface area contributed by atoms with Gasteiger partial charge in [0.2, 0.25) is 0 Å². The Morgan fingerprint density at radius 1 is 0.875 bits per heavy atom. The van der Waals surface area contributed by atoms with E-state index < -0.39 is 0 Å². The highest BCUT2D eigenvalue weighted by Crippen LogP contribution is 2.31. The van der Waals surface area contributed by atoms with Crippen LogP contribution in [0.5, 0.6) is 0 Å². The van der Waals surface area contributed by atoms with Gasteiger partial charge in [-0.25, -0.2) is 0 Å². The largest absolute Gasteiger partial charge is 0.393 e. The van der Waals surface area contributed by atoms with Crippen LogP contribution in [0.3, 0.4) is 0 Å². The van der Waals surface area contributed by atoms with Crippen molar-refractivity contribution in [2.45, 2.75) is 63.9 Å². The summed E-state index contributed by atoms with van der Waals surface area (Å²) in [5.41, 5.74) is 0. The van der Waals surface area contributed by atoms with Crippen LogP contribution in [0.25, 0.3) is 0 Å². The highest BCUT2D eigenvalue weighted by Gasteiger charge is 2.21. The molecule has 94 valence electrons. The molecule has 2 fully saturated rings. The lowest BCUT2D eigenvalue weighted by Crippen LogP contribution is -2.21. The molecule has 0 amide bonds. The van der Waals surface area contributed by atoms with Crippen molar-refractivity contribution < 1.29 is 5.11 Å². The zero-order valence-corrected chi connectivity index (χ0v) is 11.2. The normalized spacial score (nSPS) is 26.8. The third-order valence-electron chi connectivity index (χ3n) is 4.28. The molecule has 0 aromatic carbocycles. The molecule has 1 atom stereocenters. The number of aliphatic hydroxyl groups is 1. The Hall–Kier alpha value is 0.310. The minimum Gasteiger partial charge on any atom is -0.393 e. The average Bonchev–Trinajstić information content (AvgIpc) is 2.31. The first-order chi connectivity index (χ1) is 7.84. The van der Waals surface area contributed by atoms with E-state index in [1.807, 2.05) is 0 Å². The van der Waals surface area contributed by atoms with Gasteiger partial charge in [-0.1, -0.05) is 32.1 Å². The van der Waals surface area contributed by atoms with Crippen molar-refractivity contribution in [2.75, 3.05) is 11.5 Å². The molecule has 2 heteroatoms. The van der Waals surface area contributed by atoms with Crippen molar-refractivity contribution in [1.82, 2.24) is 0 Å². The first-order valence-electron chi connectivity index (χ1n) is 7.10. The quantitative estimate of drug-likeness (QED) is 0.808. The number of hydrogen-bond donors (Lipinski definition) is 1. The third kappa shape index (κ3) is 4.29. The lowest BCUT2D eigenvalue weighted by molar-refractivity contribution is 0.102. The second kappa shape index (κ2) is 6.90. The summed E-state index contributed by atoms with van der Waals surface area (Å²) in [7, 11) is 0. The molecule has 1 N–H and O–H groups in total. The summed E-state index contributed by atoms with van der Waals surface area (Å²) in [4.78, 5) is 0. The molecule has 0 bridgehead atoms. The van der Waals surface area contributed by atoms with Gasteiger partial charge in [0.25, 0.3) is 0 Å². The van der Waals surface area contributed by atoms with Crippen LogP contribution in [-0.2, 0) is 0 Å². The summed E-state index contributed by atoms with van der Waals surface area (Å²) in [5.74, 6) is 4.29. The fourth-order valence-corrected chi connectivity index (χ4v) is 4.47. The van der Waals surface area contributed by atoms with Crippen LogP contribution in [0, 0.1) is 11.8 Å². The first kappa shape index (κ1) is 12.8. The predicted molar refractivity (Wildman–Crippen MR) is 71.9 cm³/mol. The molecule has 2 rings (SSSR count). The summed E-state index contributed by atoms with van der Waals surface area (Å²) < 4.78 is 0. The second-order valence-corrected chi connectivity index (χ2v) is 6.91. The standard InChI is InChI=1S/C14H26OS/c15-14(10-12-4-2-1-3-5-12)11-13-6-8-16-9-7-13/h12-15H,1-11H2. The van der Waals surface area contributed by atoms with Gasteiger partial charge >= 0.3 is 0 Å². The van der Waals surface area contributed by atoms with Gasteiger partial charge in [0.15, 0.2) is 0 Å². The van der Waals surface area contributed by atoms with Crippen molar-refractivity contribution in [3.63, 3.8) is 0 Å². The van der Waals surface area contributed by atoms with Crippen LogP contribution in [0.2, 0.25) is 0 Å². The van der Waals surface area contributed by atoms with E-state index in [-0.39, 0.29) is 6.10 Å². The van der Waals surface area contributed by atoms with Crippen molar-refractivity contribution in [2.24, 2.45) is 11.8 Å². The second-order valence-electron chi connectivity index (χ2n) is 5.69. The van der Waals surface area contributed by atoms with E-state index in [4.69, 9.17) is 0 Å². The van der Waals surface area contributed by atoms with Gasteiger partial charge in [-0.05, 0) is 49.0 Å². The Morgan fingerprint density at radius 2 is 1.44 bits per heavy atom. The van der Waals surface area contributed by atoms with Crippen LogP contribution in [0.1, 0.15) is 57.8 Å². The molecule has 0 aromatic rings. The van der Waals surface area contributed by atoms with Crippen LogP contribution >= 0.6 is 11.8 Å². The summed E-state index contributed by atoms with van der Waals surface area (Å²) in [6.07, 6.45) is 11.8. The third-order valence-corrected chi connectivity index (χ3v) is 5.33. The molecule has 1 unspecified atom stereocenters. The van der Waals surface area contributed by atoms with Crippen LogP contribution in [0.15, 0.2) is 0 Å². The number of aliphatic hydroxyl groups excluding tert-OH is 1. The fourth-order valence-electron chi connectivity index (χ4n) is 3.27. The molecule has 0 spiro atoms. The molecule has 0 aromatic heterocycles. The van der Waals surface area contributed by atoms with E-state index >= 15 is 0 Å². The van der Waals surface area contributed by atoms with E-state index in [0.717, 1.165) is 24.7 Å². The van der Waals surface area contributed by atoms with Crippen molar-refractivity contribution in [1.29, 1.82) is 0 Å². The molecule has 1 heterocycles. The van der Waals surface area contributed by atoms with E-state index in [2.05, 4.69) is 11.8 Å². The molecular formula is C14H26OS. The van der Waals surface area contributed by atoms with Gasteiger partial charge in [-0.3, -0.25) is 0 Å². The van der Waals surface area contributed by atoms with E-state index in [0.29, 0.717) is 0 Å². The van der Waals surface area contributed by atoms with E-state index in [9.17, 15) is 5.11 Å². The van der Waals surface area contributed by atoms with Gasteiger partial charge in [0.05, 0.1) is 6.10 Å². The first-order valence-corrected chi connectivity index (χ1v) is 8.26. The summed E-state index contributed by atoms with van der Waals surface area (Å²) in [5, 5.41) is 10.1. The minimum atomic E-state index is -0.00352. The molecule has 1 saturated heterocycles. The molecule has 0 radical (unpaired) electrons. The lowest BCUT2D eigenvalue weighted by Gasteiger charge is -2.27. The topological polar surface area (TPSA) is 20.2 Å². The van der Waals surface area contributed by atoms with Crippen LogP contribution in [0.4, 0.5) is 0 Å². The average molecular weight is 242 g/mol. The molecule has 16 heavy (non-hydrogen) atoms. The number of hydrogen-bond acceptors (Lipinski definition) is 2. The smallest absolute Gasteiger partial charge is 0.0545 e. The maximum absolute atomic E-state index is 10.1. The van der Waals surface area contributed by atoms with E-state index in [1.54, 1.807) is 0 Å². The maximum Gasteiger partial charge on any atom is 0.0545 e. The highest BCUT2D eigenvalue weighted by molar-refractivity contribution is 7.99. The van der Waals surface area contributed by atoms with Crippen molar-refractivity contribution >= 4 is 11.8 Å². The predicted octanol–water partition coefficient (Wildman–Crippen LogP) is 3.85. The van der Waals surface area contributed by atoms with E-state index in [1.165, 1.54) is 56.5 Å². The molecule has 1 aliphatic heterocycles. The fraction of sp³-hybridized carbons (Fsp3) is 1.00. The van der Waals surface area contributed by atoms with Gasteiger partial charge in [0.1, 0.15) is 0 Å². The number of rotatable bonds is 4. The van der Waals surface area contributed by atoms with Gasteiger partial charge in [-0.15, -0.1) is 0 Å². The monoisotopic (exact) mass is 242 g/mol. The molecule has 1 saturated carbocycles.